The van der Waals surface area contributed by atoms with Crippen LogP contribution in [0.15, 0.2) is 17.3 Å². The Morgan fingerprint density at radius 3 is 2.87 bits per heavy atom. The van der Waals surface area contributed by atoms with Gasteiger partial charge in [-0.05, 0) is 0 Å². The van der Waals surface area contributed by atoms with Gasteiger partial charge in [-0.1, -0.05) is 23.4 Å². The molecule has 0 amide bonds. The van der Waals surface area contributed by atoms with Crippen molar-refractivity contribution in [2.75, 3.05) is 5.75 Å². The average Bonchev–Trinajstić information content (AvgIpc) is 2.15. The van der Waals surface area contributed by atoms with Crippen molar-refractivity contribution in [3.63, 3.8) is 0 Å². The minimum absolute atomic E-state index is 0.0791. The van der Waals surface area contributed by atoms with Crippen molar-refractivity contribution in [2.24, 2.45) is 0 Å². The maximum atomic E-state index is 10.3. The first-order chi connectivity index (χ1) is 7.00. The number of pyridine rings is 1. The molecule has 0 aliphatic carbocycles. The fraction of sp³-hybridized carbons (Fsp3) is 0.143. The standard InChI is InChI=1S/C7H5ClN2O4S/c8-5-1-4(10(13)14)2-9-7(5)15-3-6(11)12/h1-2H,3H2,(H,11,12). The Kier molecular flexibility index (Phi) is 3.87. The third kappa shape index (κ3) is 3.37. The first-order valence-electron chi connectivity index (χ1n) is 3.65. The van der Waals surface area contributed by atoms with Gasteiger partial charge in [-0.15, -0.1) is 0 Å². The van der Waals surface area contributed by atoms with E-state index in [2.05, 4.69) is 4.98 Å². The van der Waals surface area contributed by atoms with Gasteiger partial charge < -0.3 is 5.11 Å². The fourth-order valence-electron chi connectivity index (χ4n) is 0.751. The monoisotopic (exact) mass is 248 g/mol. The van der Waals surface area contributed by atoms with Crippen LogP contribution in [0.3, 0.4) is 0 Å². The lowest BCUT2D eigenvalue weighted by Gasteiger charge is -1.99. The number of hydrogen-bond acceptors (Lipinski definition) is 5. The Bertz CT molecular complexity index is 412. The van der Waals surface area contributed by atoms with E-state index < -0.39 is 10.9 Å². The lowest BCUT2D eigenvalue weighted by Crippen LogP contribution is -1.98. The highest BCUT2D eigenvalue weighted by Gasteiger charge is 2.12. The number of halogens is 1. The van der Waals surface area contributed by atoms with Gasteiger partial charge in [0.1, 0.15) is 11.2 Å². The first kappa shape index (κ1) is 11.7. The Morgan fingerprint density at radius 2 is 2.40 bits per heavy atom. The molecule has 0 aliphatic heterocycles. The molecule has 0 unspecified atom stereocenters. The van der Waals surface area contributed by atoms with Crippen molar-refractivity contribution in [1.82, 2.24) is 4.98 Å². The molecule has 0 saturated carbocycles. The van der Waals surface area contributed by atoms with E-state index >= 15 is 0 Å². The molecule has 0 bridgehead atoms. The molecule has 0 atom stereocenters. The molecule has 0 fully saturated rings. The summed E-state index contributed by atoms with van der Waals surface area (Å²) in [5, 5.41) is 19.1. The minimum atomic E-state index is -1.00. The number of nitrogens with zero attached hydrogens (tertiary/aromatic N) is 2. The summed E-state index contributed by atoms with van der Waals surface area (Å²) in [6.45, 7) is 0. The van der Waals surface area contributed by atoms with Crippen LogP contribution < -0.4 is 0 Å². The highest BCUT2D eigenvalue weighted by Crippen LogP contribution is 2.27. The molecular formula is C7H5ClN2O4S. The van der Waals surface area contributed by atoms with E-state index in [0.717, 1.165) is 24.0 Å². The molecule has 0 spiro atoms. The summed E-state index contributed by atoms with van der Waals surface area (Å²) >= 11 is 6.59. The second-order valence-electron chi connectivity index (χ2n) is 2.42. The number of thioether (sulfide) groups is 1. The van der Waals surface area contributed by atoms with Gasteiger partial charge in [0, 0.05) is 6.07 Å². The number of carboxylic acids is 1. The number of hydrogen-bond donors (Lipinski definition) is 1. The molecule has 0 radical (unpaired) electrons. The Labute approximate surface area is 93.4 Å². The molecule has 1 aromatic heterocycles. The first-order valence-corrected chi connectivity index (χ1v) is 5.01. The number of carbonyl (C=O) groups is 1. The number of aliphatic carboxylic acids is 1. The zero-order valence-corrected chi connectivity index (χ0v) is 8.79. The molecule has 0 aromatic carbocycles. The van der Waals surface area contributed by atoms with Gasteiger partial charge in [0.15, 0.2) is 0 Å². The predicted octanol–water partition coefficient (Wildman–Crippen LogP) is 1.82. The lowest BCUT2D eigenvalue weighted by molar-refractivity contribution is -0.385. The average molecular weight is 249 g/mol. The highest BCUT2D eigenvalue weighted by molar-refractivity contribution is 8.00. The van der Waals surface area contributed by atoms with Gasteiger partial charge in [-0.25, -0.2) is 4.98 Å². The highest BCUT2D eigenvalue weighted by atomic mass is 35.5. The van der Waals surface area contributed by atoms with Crippen LogP contribution in [0.2, 0.25) is 5.02 Å². The molecule has 1 aromatic rings. The predicted molar refractivity (Wildman–Crippen MR) is 54.3 cm³/mol. The van der Waals surface area contributed by atoms with E-state index in [1.807, 2.05) is 0 Å². The molecule has 1 N–H and O–H groups in total. The minimum Gasteiger partial charge on any atom is -0.481 e. The SMILES string of the molecule is O=C(O)CSc1ncc([N+](=O)[O-])cc1Cl. The second kappa shape index (κ2) is 4.94. The Balaban J connectivity index is 2.83. The third-order valence-corrected chi connectivity index (χ3v) is 2.73. The maximum absolute atomic E-state index is 10.3. The van der Waals surface area contributed by atoms with E-state index in [1.165, 1.54) is 0 Å². The van der Waals surface area contributed by atoms with Crippen LogP contribution in [-0.4, -0.2) is 26.7 Å². The number of rotatable bonds is 4. The summed E-state index contributed by atoms with van der Waals surface area (Å²) in [5.74, 6) is -1.19. The van der Waals surface area contributed by atoms with Crippen molar-refractivity contribution in [3.05, 3.63) is 27.4 Å². The van der Waals surface area contributed by atoms with Crippen molar-refractivity contribution in [3.8, 4) is 0 Å². The smallest absolute Gasteiger partial charge is 0.313 e. The number of carboxylic acid groups (broad SMARTS) is 1. The quantitative estimate of drug-likeness (QED) is 0.496. The summed E-state index contributed by atoms with van der Waals surface area (Å²) in [7, 11) is 0. The van der Waals surface area contributed by atoms with Gasteiger partial charge in [-0.2, -0.15) is 0 Å². The van der Waals surface area contributed by atoms with Gasteiger partial charge in [0.25, 0.3) is 5.69 Å². The zero-order valence-electron chi connectivity index (χ0n) is 7.21. The van der Waals surface area contributed by atoms with E-state index in [-0.39, 0.29) is 21.5 Å². The van der Waals surface area contributed by atoms with Gasteiger partial charge in [0.05, 0.1) is 15.7 Å². The largest absolute Gasteiger partial charge is 0.481 e. The number of nitro groups is 1. The Hall–Kier alpha value is -1.34. The van der Waals surface area contributed by atoms with Gasteiger partial charge in [-0.3, -0.25) is 14.9 Å². The van der Waals surface area contributed by atoms with E-state index in [9.17, 15) is 14.9 Å². The third-order valence-electron chi connectivity index (χ3n) is 1.34. The molecule has 0 aliphatic rings. The molecule has 6 nitrogen and oxygen atoms in total. The topological polar surface area (TPSA) is 93.3 Å². The Morgan fingerprint density at radius 1 is 1.73 bits per heavy atom. The lowest BCUT2D eigenvalue weighted by atomic mass is 10.4. The number of aromatic nitrogens is 1. The van der Waals surface area contributed by atoms with E-state index in [4.69, 9.17) is 16.7 Å². The van der Waals surface area contributed by atoms with Gasteiger partial charge in [0.2, 0.25) is 0 Å². The fourth-order valence-corrected chi connectivity index (χ4v) is 1.66. The molecule has 1 rings (SSSR count). The maximum Gasteiger partial charge on any atom is 0.313 e. The van der Waals surface area contributed by atoms with Crippen LogP contribution in [0.25, 0.3) is 0 Å². The summed E-state index contributed by atoms with van der Waals surface area (Å²) in [6, 6.07) is 1.14. The molecular weight excluding hydrogens is 244 g/mol. The van der Waals surface area contributed by atoms with Crippen LogP contribution in [0, 0.1) is 10.1 Å². The van der Waals surface area contributed by atoms with Crippen molar-refractivity contribution >= 4 is 35.0 Å². The van der Waals surface area contributed by atoms with Gasteiger partial charge >= 0.3 is 5.97 Å². The molecule has 15 heavy (non-hydrogen) atoms. The van der Waals surface area contributed by atoms with E-state index in [0.29, 0.717) is 0 Å². The normalized spacial score (nSPS) is 9.93. The molecule has 1 heterocycles. The summed E-state index contributed by atoms with van der Waals surface area (Å²) in [6.07, 6.45) is 1.04. The van der Waals surface area contributed by atoms with Crippen LogP contribution in [0.5, 0.6) is 0 Å². The van der Waals surface area contributed by atoms with Crippen LogP contribution in [0.1, 0.15) is 0 Å². The van der Waals surface area contributed by atoms with E-state index in [1.54, 1.807) is 0 Å². The summed E-state index contributed by atoms with van der Waals surface area (Å²) in [4.78, 5) is 23.7. The molecule has 8 heteroatoms. The molecule has 80 valence electrons. The van der Waals surface area contributed by atoms with Crippen molar-refractivity contribution in [1.29, 1.82) is 0 Å². The van der Waals surface area contributed by atoms with Crippen LogP contribution in [0.4, 0.5) is 5.69 Å². The second-order valence-corrected chi connectivity index (χ2v) is 3.79. The van der Waals surface area contributed by atoms with Crippen molar-refractivity contribution in [2.45, 2.75) is 5.03 Å². The van der Waals surface area contributed by atoms with Crippen LogP contribution >= 0.6 is 23.4 Å². The van der Waals surface area contributed by atoms with Crippen molar-refractivity contribution < 1.29 is 14.8 Å². The zero-order chi connectivity index (χ0) is 11.4. The summed E-state index contributed by atoms with van der Waals surface area (Å²) in [5.41, 5.74) is -0.223. The summed E-state index contributed by atoms with van der Waals surface area (Å²) < 4.78 is 0. The molecule has 0 saturated heterocycles. The van der Waals surface area contributed by atoms with Crippen LogP contribution in [-0.2, 0) is 4.79 Å².